The molecule has 2 atom stereocenters. The van der Waals surface area contributed by atoms with Crippen LogP contribution in [-0.2, 0) is 0 Å². The molecule has 1 fully saturated rings. The quantitative estimate of drug-likeness (QED) is 0.805. The molecule has 0 unspecified atom stereocenters. The lowest BCUT2D eigenvalue weighted by atomic mass is 9.94. The van der Waals surface area contributed by atoms with E-state index < -0.39 is 6.17 Å². The minimum atomic E-state index is -0.774. The number of rotatable bonds is 2. The number of nitrogens with one attached hydrogen (secondary N) is 2. The number of aromatic amines is 1. The van der Waals surface area contributed by atoms with Crippen molar-refractivity contribution >= 4 is 5.91 Å². The number of carbonyl (C=O) groups is 1. The van der Waals surface area contributed by atoms with E-state index in [1.807, 2.05) is 0 Å². The number of alkyl halides is 1. The molecule has 0 aromatic carbocycles. The molecule has 1 heterocycles. The predicted molar refractivity (Wildman–Crippen MR) is 57.9 cm³/mol. The Morgan fingerprint density at radius 2 is 2.44 bits per heavy atom. The van der Waals surface area contributed by atoms with Crippen LogP contribution in [0.5, 0.6) is 0 Å². The molecule has 1 aliphatic rings. The zero-order valence-corrected chi connectivity index (χ0v) is 9.29. The molecule has 0 aliphatic heterocycles. The van der Waals surface area contributed by atoms with Crippen LogP contribution < -0.4 is 5.32 Å². The van der Waals surface area contributed by atoms with E-state index in [0.29, 0.717) is 18.4 Å². The van der Waals surface area contributed by atoms with Gasteiger partial charge >= 0.3 is 0 Å². The van der Waals surface area contributed by atoms with Crippen LogP contribution in [-0.4, -0.2) is 28.3 Å². The summed E-state index contributed by atoms with van der Waals surface area (Å²) in [6.45, 7) is 1.79. The SMILES string of the molecule is Cc1[nH]ncc1C(=O)N[C@@H]1CCC[C@H](F)C1. The van der Waals surface area contributed by atoms with E-state index in [9.17, 15) is 9.18 Å². The molecule has 1 saturated carbocycles. The van der Waals surface area contributed by atoms with Gasteiger partial charge in [0, 0.05) is 11.7 Å². The molecular formula is C11H16FN3O. The molecule has 0 radical (unpaired) electrons. The van der Waals surface area contributed by atoms with Crippen LogP contribution in [0.4, 0.5) is 4.39 Å². The Kier molecular flexibility index (Phi) is 3.22. The van der Waals surface area contributed by atoms with Crippen molar-refractivity contribution < 1.29 is 9.18 Å². The van der Waals surface area contributed by atoms with E-state index >= 15 is 0 Å². The van der Waals surface area contributed by atoms with Gasteiger partial charge in [0.05, 0.1) is 11.8 Å². The number of carbonyl (C=O) groups excluding carboxylic acids is 1. The van der Waals surface area contributed by atoms with E-state index in [1.165, 1.54) is 6.20 Å². The highest BCUT2D eigenvalue weighted by atomic mass is 19.1. The molecule has 1 aromatic heterocycles. The molecule has 2 N–H and O–H groups in total. The number of halogens is 1. The van der Waals surface area contributed by atoms with Crippen LogP contribution in [0.15, 0.2) is 6.20 Å². The average molecular weight is 225 g/mol. The van der Waals surface area contributed by atoms with Crippen molar-refractivity contribution in [2.75, 3.05) is 0 Å². The molecule has 2 rings (SSSR count). The highest BCUT2D eigenvalue weighted by molar-refractivity contribution is 5.95. The average Bonchev–Trinajstić information content (AvgIpc) is 2.64. The highest BCUT2D eigenvalue weighted by Gasteiger charge is 2.23. The summed E-state index contributed by atoms with van der Waals surface area (Å²) < 4.78 is 13.1. The fourth-order valence-electron chi connectivity index (χ4n) is 2.10. The smallest absolute Gasteiger partial charge is 0.254 e. The zero-order chi connectivity index (χ0) is 11.5. The Hall–Kier alpha value is -1.39. The Morgan fingerprint density at radius 3 is 3.06 bits per heavy atom. The Morgan fingerprint density at radius 1 is 1.62 bits per heavy atom. The van der Waals surface area contributed by atoms with Crippen molar-refractivity contribution in [3.8, 4) is 0 Å². The van der Waals surface area contributed by atoms with Crippen molar-refractivity contribution in [3.63, 3.8) is 0 Å². The standard InChI is InChI=1S/C11H16FN3O/c1-7-10(6-13-15-7)11(16)14-9-4-2-3-8(12)5-9/h6,8-9H,2-5H2,1H3,(H,13,15)(H,14,16)/t8-,9+/m0/s1. The number of hydrogen-bond donors (Lipinski definition) is 2. The van der Waals surface area contributed by atoms with E-state index in [2.05, 4.69) is 15.5 Å². The molecule has 5 heteroatoms. The summed E-state index contributed by atoms with van der Waals surface area (Å²) in [6.07, 6.45) is 3.49. The number of aryl methyl sites for hydroxylation is 1. The summed E-state index contributed by atoms with van der Waals surface area (Å²) in [4.78, 5) is 11.8. The van der Waals surface area contributed by atoms with Gasteiger partial charge in [0.2, 0.25) is 0 Å². The van der Waals surface area contributed by atoms with Crippen LogP contribution >= 0.6 is 0 Å². The Labute approximate surface area is 93.6 Å². The first-order valence-electron chi connectivity index (χ1n) is 5.61. The van der Waals surface area contributed by atoms with Gasteiger partial charge < -0.3 is 5.32 Å². The second-order valence-corrected chi connectivity index (χ2v) is 4.34. The first kappa shape index (κ1) is 11.1. The number of hydrogen-bond acceptors (Lipinski definition) is 2. The van der Waals surface area contributed by atoms with Crippen LogP contribution in [0, 0.1) is 6.92 Å². The first-order chi connectivity index (χ1) is 7.66. The molecule has 88 valence electrons. The maximum atomic E-state index is 13.1. The van der Waals surface area contributed by atoms with Gasteiger partial charge in [-0.25, -0.2) is 4.39 Å². The van der Waals surface area contributed by atoms with E-state index in [0.717, 1.165) is 18.5 Å². The first-order valence-corrected chi connectivity index (χ1v) is 5.61. The lowest BCUT2D eigenvalue weighted by molar-refractivity contribution is 0.0912. The maximum absolute atomic E-state index is 13.1. The summed E-state index contributed by atoms with van der Waals surface area (Å²) in [5.41, 5.74) is 1.28. The monoisotopic (exact) mass is 225 g/mol. The zero-order valence-electron chi connectivity index (χ0n) is 9.29. The van der Waals surface area contributed by atoms with Crippen molar-refractivity contribution in [3.05, 3.63) is 17.5 Å². The fourth-order valence-corrected chi connectivity index (χ4v) is 2.10. The molecule has 1 amide bonds. The molecule has 1 aromatic rings. The number of nitrogens with zero attached hydrogens (tertiary/aromatic N) is 1. The van der Waals surface area contributed by atoms with E-state index in [-0.39, 0.29) is 11.9 Å². The normalized spacial score (nSPS) is 25.4. The largest absolute Gasteiger partial charge is 0.349 e. The van der Waals surface area contributed by atoms with Gasteiger partial charge in [-0.2, -0.15) is 5.10 Å². The molecule has 0 saturated heterocycles. The van der Waals surface area contributed by atoms with Crippen molar-refractivity contribution in [1.82, 2.24) is 15.5 Å². The third-order valence-corrected chi connectivity index (χ3v) is 3.02. The van der Waals surface area contributed by atoms with Gasteiger partial charge in [-0.1, -0.05) is 0 Å². The number of H-pyrrole nitrogens is 1. The van der Waals surface area contributed by atoms with Crippen molar-refractivity contribution in [2.45, 2.75) is 44.8 Å². The number of aromatic nitrogens is 2. The summed E-state index contributed by atoms with van der Waals surface area (Å²) in [7, 11) is 0. The third kappa shape index (κ3) is 2.40. The van der Waals surface area contributed by atoms with E-state index in [1.54, 1.807) is 6.92 Å². The molecule has 4 nitrogen and oxygen atoms in total. The summed E-state index contributed by atoms with van der Waals surface area (Å²) >= 11 is 0. The Bertz CT molecular complexity index is 377. The van der Waals surface area contributed by atoms with Gasteiger partial charge in [-0.3, -0.25) is 9.89 Å². The summed E-state index contributed by atoms with van der Waals surface area (Å²) in [6, 6.07) is -0.0365. The van der Waals surface area contributed by atoms with Crippen molar-refractivity contribution in [1.29, 1.82) is 0 Å². The van der Waals surface area contributed by atoms with Gasteiger partial charge in [-0.15, -0.1) is 0 Å². The highest BCUT2D eigenvalue weighted by Crippen LogP contribution is 2.21. The lowest BCUT2D eigenvalue weighted by Crippen LogP contribution is -2.39. The second kappa shape index (κ2) is 4.63. The summed E-state index contributed by atoms with van der Waals surface area (Å²) in [5.74, 6) is -0.162. The molecular weight excluding hydrogens is 209 g/mol. The third-order valence-electron chi connectivity index (χ3n) is 3.02. The van der Waals surface area contributed by atoms with E-state index in [4.69, 9.17) is 0 Å². The van der Waals surface area contributed by atoms with Gasteiger partial charge in [0.1, 0.15) is 6.17 Å². The minimum Gasteiger partial charge on any atom is -0.349 e. The van der Waals surface area contributed by atoms with Crippen LogP contribution in [0.2, 0.25) is 0 Å². The molecule has 1 aliphatic carbocycles. The van der Waals surface area contributed by atoms with Crippen LogP contribution in [0.1, 0.15) is 41.7 Å². The molecule has 16 heavy (non-hydrogen) atoms. The van der Waals surface area contributed by atoms with Gasteiger partial charge in [0.15, 0.2) is 0 Å². The Balaban J connectivity index is 1.95. The fraction of sp³-hybridized carbons (Fsp3) is 0.636. The lowest BCUT2D eigenvalue weighted by Gasteiger charge is -2.25. The van der Waals surface area contributed by atoms with Crippen LogP contribution in [0.3, 0.4) is 0 Å². The molecule has 0 spiro atoms. The predicted octanol–water partition coefficient (Wildman–Crippen LogP) is 1.73. The van der Waals surface area contributed by atoms with Crippen LogP contribution in [0.25, 0.3) is 0 Å². The van der Waals surface area contributed by atoms with Gasteiger partial charge in [0.25, 0.3) is 5.91 Å². The second-order valence-electron chi connectivity index (χ2n) is 4.34. The topological polar surface area (TPSA) is 57.8 Å². The summed E-state index contributed by atoms with van der Waals surface area (Å²) in [5, 5.41) is 9.36. The maximum Gasteiger partial charge on any atom is 0.254 e. The molecule has 0 bridgehead atoms. The van der Waals surface area contributed by atoms with Crippen molar-refractivity contribution in [2.24, 2.45) is 0 Å². The number of amides is 1. The minimum absolute atomic E-state index is 0.0365. The van der Waals surface area contributed by atoms with Gasteiger partial charge in [-0.05, 0) is 32.6 Å².